The van der Waals surface area contributed by atoms with E-state index in [2.05, 4.69) is 55.4 Å². The summed E-state index contributed by atoms with van der Waals surface area (Å²) >= 11 is 9.51. The molecule has 0 aliphatic carbocycles. The van der Waals surface area contributed by atoms with Gasteiger partial charge >= 0.3 is 0 Å². The standard InChI is InChI=1S/C15H8BrClN4/c16-12-4-3-9-7-11(2-1-10(9)8-12)14-19-20-15-13(17)18-5-6-21(14)15/h1-8H. The topological polar surface area (TPSA) is 43.1 Å². The van der Waals surface area contributed by atoms with Crippen LogP contribution in [0.4, 0.5) is 0 Å². The van der Waals surface area contributed by atoms with Crippen molar-refractivity contribution in [3.05, 3.63) is 58.4 Å². The minimum Gasteiger partial charge on any atom is -0.278 e. The second kappa shape index (κ2) is 4.79. The summed E-state index contributed by atoms with van der Waals surface area (Å²) in [6.07, 6.45) is 3.45. The number of nitrogens with zero attached hydrogens (tertiary/aromatic N) is 4. The average Bonchev–Trinajstić information content (AvgIpc) is 2.92. The van der Waals surface area contributed by atoms with Crippen molar-refractivity contribution < 1.29 is 0 Å². The second-order valence-corrected chi connectivity index (χ2v) is 5.92. The van der Waals surface area contributed by atoms with Crippen molar-refractivity contribution in [3.8, 4) is 11.4 Å². The van der Waals surface area contributed by atoms with Crippen LogP contribution in [0.5, 0.6) is 0 Å². The van der Waals surface area contributed by atoms with Crippen molar-refractivity contribution in [2.45, 2.75) is 0 Å². The molecule has 0 saturated heterocycles. The third kappa shape index (κ3) is 2.09. The number of fused-ring (bicyclic) bond motifs is 2. The van der Waals surface area contributed by atoms with Gasteiger partial charge in [-0.3, -0.25) is 4.40 Å². The van der Waals surface area contributed by atoms with E-state index in [0.29, 0.717) is 10.8 Å². The molecule has 21 heavy (non-hydrogen) atoms. The van der Waals surface area contributed by atoms with E-state index in [1.54, 1.807) is 6.20 Å². The smallest absolute Gasteiger partial charge is 0.198 e. The molecule has 0 bridgehead atoms. The zero-order valence-corrected chi connectivity index (χ0v) is 13.0. The minimum absolute atomic E-state index is 0.348. The van der Waals surface area contributed by atoms with Gasteiger partial charge in [0.05, 0.1) is 0 Å². The lowest BCUT2D eigenvalue weighted by molar-refractivity contribution is 1.11. The molecule has 4 rings (SSSR count). The van der Waals surface area contributed by atoms with Crippen LogP contribution in [-0.4, -0.2) is 19.6 Å². The number of rotatable bonds is 1. The monoisotopic (exact) mass is 358 g/mol. The predicted molar refractivity (Wildman–Crippen MR) is 86.4 cm³/mol. The lowest BCUT2D eigenvalue weighted by atomic mass is 10.1. The summed E-state index contributed by atoms with van der Waals surface area (Å²) < 4.78 is 2.91. The molecule has 0 saturated carbocycles. The molecule has 4 aromatic rings. The van der Waals surface area contributed by atoms with Crippen LogP contribution in [0.3, 0.4) is 0 Å². The Morgan fingerprint density at radius 3 is 2.71 bits per heavy atom. The summed E-state index contributed by atoms with van der Waals surface area (Å²) in [5.74, 6) is 0.749. The van der Waals surface area contributed by atoms with Gasteiger partial charge in [-0.1, -0.05) is 45.7 Å². The minimum atomic E-state index is 0.348. The van der Waals surface area contributed by atoms with Crippen LogP contribution in [-0.2, 0) is 0 Å². The Hall–Kier alpha value is -1.98. The van der Waals surface area contributed by atoms with Crippen LogP contribution in [0.15, 0.2) is 53.3 Å². The quantitative estimate of drug-likeness (QED) is 0.507. The maximum absolute atomic E-state index is 6.03. The Morgan fingerprint density at radius 1 is 1.00 bits per heavy atom. The Balaban J connectivity index is 1.96. The summed E-state index contributed by atoms with van der Waals surface area (Å²) in [6.45, 7) is 0. The molecule has 2 aromatic carbocycles. The Labute approximate surface area is 133 Å². The number of halogens is 2. The van der Waals surface area contributed by atoms with Gasteiger partial charge in [0.15, 0.2) is 16.6 Å². The highest BCUT2D eigenvalue weighted by Crippen LogP contribution is 2.26. The van der Waals surface area contributed by atoms with Gasteiger partial charge < -0.3 is 0 Å². The first-order valence-electron chi connectivity index (χ1n) is 6.27. The molecule has 6 heteroatoms. The van der Waals surface area contributed by atoms with Gasteiger partial charge in [0.25, 0.3) is 0 Å². The summed E-state index contributed by atoms with van der Waals surface area (Å²) in [5, 5.41) is 11.0. The molecule has 0 fully saturated rings. The molecule has 0 spiro atoms. The fourth-order valence-corrected chi connectivity index (χ4v) is 2.91. The Morgan fingerprint density at radius 2 is 1.81 bits per heavy atom. The highest BCUT2D eigenvalue weighted by molar-refractivity contribution is 9.10. The lowest BCUT2D eigenvalue weighted by Gasteiger charge is -2.03. The van der Waals surface area contributed by atoms with Crippen LogP contribution in [0, 0.1) is 0 Å². The largest absolute Gasteiger partial charge is 0.278 e. The summed E-state index contributed by atoms with van der Waals surface area (Å²) in [7, 11) is 0. The molecule has 0 unspecified atom stereocenters. The van der Waals surface area contributed by atoms with E-state index in [1.807, 2.05) is 22.7 Å². The lowest BCUT2D eigenvalue weighted by Crippen LogP contribution is -1.91. The molecule has 102 valence electrons. The van der Waals surface area contributed by atoms with Crippen molar-refractivity contribution in [3.63, 3.8) is 0 Å². The first-order chi connectivity index (χ1) is 10.2. The van der Waals surface area contributed by atoms with Crippen LogP contribution in [0.2, 0.25) is 5.15 Å². The molecule has 0 radical (unpaired) electrons. The molecule has 4 nitrogen and oxygen atoms in total. The van der Waals surface area contributed by atoms with Gasteiger partial charge in [0, 0.05) is 22.4 Å². The number of benzene rings is 2. The SMILES string of the molecule is Clc1nccn2c(-c3ccc4cc(Br)ccc4c3)nnc12. The van der Waals surface area contributed by atoms with Crippen molar-refractivity contribution in [2.24, 2.45) is 0 Å². The Kier molecular flexibility index (Phi) is 2.90. The van der Waals surface area contributed by atoms with Gasteiger partial charge in [-0.2, -0.15) is 0 Å². The maximum atomic E-state index is 6.03. The van der Waals surface area contributed by atoms with Crippen LogP contribution in [0.1, 0.15) is 0 Å². The molecule has 0 aliphatic rings. The van der Waals surface area contributed by atoms with E-state index in [4.69, 9.17) is 11.6 Å². The van der Waals surface area contributed by atoms with Crippen molar-refractivity contribution >= 4 is 44.0 Å². The second-order valence-electron chi connectivity index (χ2n) is 4.64. The van der Waals surface area contributed by atoms with Crippen LogP contribution < -0.4 is 0 Å². The van der Waals surface area contributed by atoms with Gasteiger partial charge in [0.1, 0.15) is 0 Å². The fraction of sp³-hybridized carbons (Fsp3) is 0. The number of hydrogen-bond donors (Lipinski definition) is 0. The van der Waals surface area contributed by atoms with Crippen LogP contribution in [0.25, 0.3) is 27.8 Å². The van der Waals surface area contributed by atoms with E-state index < -0.39 is 0 Å². The number of aromatic nitrogens is 4. The highest BCUT2D eigenvalue weighted by atomic mass is 79.9. The summed E-state index contributed by atoms with van der Waals surface area (Å²) in [6, 6.07) is 12.4. The molecular formula is C15H8BrClN4. The molecule has 0 aliphatic heterocycles. The molecule has 2 heterocycles. The molecule has 0 N–H and O–H groups in total. The van der Waals surface area contributed by atoms with Crippen molar-refractivity contribution in [1.82, 2.24) is 19.6 Å². The van der Waals surface area contributed by atoms with Crippen molar-refractivity contribution in [2.75, 3.05) is 0 Å². The van der Waals surface area contributed by atoms with Gasteiger partial charge in [-0.25, -0.2) is 4.98 Å². The van der Waals surface area contributed by atoms with E-state index in [9.17, 15) is 0 Å². The Bertz CT molecular complexity index is 980. The molecule has 0 amide bonds. The van der Waals surface area contributed by atoms with E-state index >= 15 is 0 Å². The van der Waals surface area contributed by atoms with Gasteiger partial charge in [-0.05, 0) is 29.0 Å². The van der Waals surface area contributed by atoms with Gasteiger partial charge in [-0.15, -0.1) is 10.2 Å². The number of hydrogen-bond acceptors (Lipinski definition) is 3. The van der Waals surface area contributed by atoms with E-state index in [1.165, 1.54) is 5.39 Å². The zero-order valence-electron chi connectivity index (χ0n) is 10.7. The molecule has 0 atom stereocenters. The van der Waals surface area contributed by atoms with E-state index in [-0.39, 0.29) is 0 Å². The van der Waals surface area contributed by atoms with E-state index in [0.717, 1.165) is 21.2 Å². The average molecular weight is 360 g/mol. The highest BCUT2D eigenvalue weighted by Gasteiger charge is 2.11. The normalized spacial score (nSPS) is 11.3. The maximum Gasteiger partial charge on any atom is 0.198 e. The van der Waals surface area contributed by atoms with Crippen molar-refractivity contribution in [1.29, 1.82) is 0 Å². The van der Waals surface area contributed by atoms with Crippen LogP contribution >= 0.6 is 27.5 Å². The molecular weight excluding hydrogens is 352 g/mol. The third-order valence-corrected chi connectivity index (χ3v) is 4.10. The molecule has 2 aromatic heterocycles. The fourth-order valence-electron chi connectivity index (χ4n) is 2.35. The third-order valence-electron chi connectivity index (χ3n) is 3.34. The first-order valence-corrected chi connectivity index (χ1v) is 7.44. The zero-order chi connectivity index (χ0) is 14.4. The summed E-state index contributed by atoms with van der Waals surface area (Å²) in [4.78, 5) is 4.01. The summed E-state index contributed by atoms with van der Waals surface area (Å²) in [5.41, 5.74) is 1.55. The predicted octanol–water partition coefficient (Wildman–Crippen LogP) is 4.36. The first kappa shape index (κ1) is 12.7. The van der Waals surface area contributed by atoms with Gasteiger partial charge in [0.2, 0.25) is 0 Å².